The van der Waals surface area contributed by atoms with Crippen molar-refractivity contribution < 1.29 is 27.5 Å². The topological polar surface area (TPSA) is 49.3 Å². The molecule has 0 aliphatic rings. The fourth-order valence-electron chi connectivity index (χ4n) is 1.23. The molecule has 0 aliphatic heterocycles. The smallest absolute Gasteiger partial charge is 0.390 e. The molecule has 1 rings (SSSR count). The molecule has 1 aromatic rings. The number of benzene rings is 1. The zero-order valence-electron chi connectivity index (χ0n) is 8.51. The molecule has 0 unspecified atom stereocenters. The lowest BCUT2D eigenvalue weighted by atomic mass is 10.1. The quantitative estimate of drug-likeness (QED) is 0.809. The second-order valence-corrected chi connectivity index (χ2v) is 3.26. The standard InChI is InChI=1S/C10H9F4NO2/c11-6-2-1-3-7(8(6)9(16)17)15-5-4-10(12,13)14/h1-3,15H,4-5H2,(H,16,17). The molecule has 0 fully saturated rings. The zero-order chi connectivity index (χ0) is 13.1. The van der Waals surface area contributed by atoms with Crippen LogP contribution in [0.1, 0.15) is 16.8 Å². The van der Waals surface area contributed by atoms with Crippen LogP contribution in [-0.4, -0.2) is 23.8 Å². The van der Waals surface area contributed by atoms with Gasteiger partial charge in [0.15, 0.2) is 0 Å². The van der Waals surface area contributed by atoms with Gasteiger partial charge in [0.2, 0.25) is 0 Å². The number of anilines is 1. The maximum atomic E-state index is 13.1. The summed E-state index contributed by atoms with van der Waals surface area (Å²) in [6, 6.07) is 3.36. The van der Waals surface area contributed by atoms with Gasteiger partial charge in [-0.3, -0.25) is 0 Å². The van der Waals surface area contributed by atoms with Gasteiger partial charge in [0.1, 0.15) is 11.4 Å². The molecule has 0 spiro atoms. The molecule has 1 aromatic carbocycles. The van der Waals surface area contributed by atoms with Gasteiger partial charge in [0.25, 0.3) is 0 Å². The van der Waals surface area contributed by atoms with E-state index in [2.05, 4.69) is 5.32 Å². The summed E-state index contributed by atoms with van der Waals surface area (Å²) in [5.74, 6) is -2.52. The first-order valence-electron chi connectivity index (χ1n) is 4.63. The Hall–Kier alpha value is -1.79. The fraction of sp³-hybridized carbons (Fsp3) is 0.300. The highest BCUT2D eigenvalue weighted by molar-refractivity contribution is 5.94. The van der Waals surface area contributed by atoms with E-state index < -0.39 is 36.5 Å². The molecule has 0 amide bonds. The molecule has 0 radical (unpaired) electrons. The Morgan fingerprint density at radius 3 is 2.53 bits per heavy atom. The molecule has 94 valence electrons. The summed E-state index contributed by atoms with van der Waals surface area (Å²) in [6.07, 6.45) is -5.47. The molecule has 0 atom stereocenters. The lowest BCUT2D eigenvalue weighted by Gasteiger charge is -2.11. The van der Waals surface area contributed by atoms with E-state index in [1.54, 1.807) is 0 Å². The van der Waals surface area contributed by atoms with E-state index >= 15 is 0 Å². The van der Waals surface area contributed by atoms with Gasteiger partial charge in [-0.15, -0.1) is 0 Å². The number of rotatable bonds is 4. The summed E-state index contributed by atoms with van der Waals surface area (Å²) in [5, 5.41) is 11.0. The molecule has 7 heteroatoms. The van der Waals surface area contributed by atoms with Gasteiger partial charge in [0, 0.05) is 6.54 Å². The minimum absolute atomic E-state index is 0.165. The van der Waals surface area contributed by atoms with Gasteiger partial charge < -0.3 is 10.4 Å². The summed E-state index contributed by atoms with van der Waals surface area (Å²) in [7, 11) is 0. The molecule has 0 aliphatic carbocycles. The number of carbonyl (C=O) groups is 1. The summed E-state index contributed by atoms with van der Waals surface area (Å²) in [4.78, 5) is 10.7. The number of hydrogen-bond acceptors (Lipinski definition) is 2. The molecule has 0 saturated heterocycles. The lowest BCUT2D eigenvalue weighted by molar-refractivity contribution is -0.131. The number of halogens is 4. The lowest BCUT2D eigenvalue weighted by Crippen LogP contribution is -2.16. The zero-order valence-corrected chi connectivity index (χ0v) is 8.51. The van der Waals surface area contributed by atoms with Gasteiger partial charge in [-0.25, -0.2) is 9.18 Å². The third kappa shape index (κ3) is 3.93. The fourth-order valence-corrected chi connectivity index (χ4v) is 1.23. The van der Waals surface area contributed by atoms with Gasteiger partial charge >= 0.3 is 12.1 Å². The van der Waals surface area contributed by atoms with Gasteiger partial charge in [-0.2, -0.15) is 13.2 Å². The molecule has 0 saturated carbocycles. The molecular weight excluding hydrogens is 242 g/mol. The van der Waals surface area contributed by atoms with Crippen LogP contribution in [-0.2, 0) is 0 Å². The second-order valence-electron chi connectivity index (χ2n) is 3.26. The van der Waals surface area contributed by atoms with E-state index in [4.69, 9.17) is 5.11 Å². The predicted molar refractivity (Wildman–Crippen MR) is 52.5 cm³/mol. The monoisotopic (exact) mass is 251 g/mol. The van der Waals surface area contributed by atoms with Crippen molar-refractivity contribution in [2.75, 3.05) is 11.9 Å². The van der Waals surface area contributed by atoms with Crippen LogP contribution in [0.3, 0.4) is 0 Å². The number of alkyl halides is 3. The first-order chi connectivity index (χ1) is 7.81. The number of carboxylic acid groups (broad SMARTS) is 1. The van der Waals surface area contributed by atoms with Gasteiger partial charge in [-0.05, 0) is 12.1 Å². The van der Waals surface area contributed by atoms with Crippen LogP contribution >= 0.6 is 0 Å². The average Bonchev–Trinajstić information content (AvgIpc) is 2.14. The van der Waals surface area contributed by atoms with Crippen molar-refractivity contribution in [3.05, 3.63) is 29.6 Å². The van der Waals surface area contributed by atoms with Crippen LogP contribution in [0.15, 0.2) is 18.2 Å². The van der Waals surface area contributed by atoms with E-state index in [1.807, 2.05) is 0 Å². The predicted octanol–water partition coefficient (Wildman–Crippen LogP) is 2.89. The third-order valence-electron chi connectivity index (χ3n) is 1.95. The summed E-state index contributed by atoms with van der Waals surface area (Å²) in [6.45, 7) is -0.507. The van der Waals surface area contributed by atoms with Crippen LogP contribution in [0.25, 0.3) is 0 Å². The molecule has 2 N–H and O–H groups in total. The Labute approximate surface area is 94.1 Å². The molecular formula is C10H9F4NO2. The van der Waals surface area contributed by atoms with Crippen LogP contribution in [0, 0.1) is 5.82 Å². The minimum Gasteiger partial charge on any atom is -0.478 e. The molecule has 17 heavy (non-hydrogen) atoms. The number of nitrogens with one attached hydrogen (secondary N) is 1. The summed E-state index contributed by atoms with van der Waals surface area (Å²) in [5.41, 5.74) is -0.823. The molecule has 3 nitrogen and oxygen atoms in total. The van der Waals surface area contributed by atoms with Crippen molar-refractivity contribution in [3.63, 3.8) is 0 Å². The number of aromatic carboxylic acids is 1. The highest BCUT2D eigenvalue weighted by atomic mass is 19.4. The highest BCUT2D eigenvalue weighted by Gasteiger charge is 2.26. The minimum atomic E-state index is -4.34. The first-order valence-corrected chi connectivity index (χ1v) is 4.63. The SMILES string of the molecule is O=C(O)c1c(F)cccc1NCCC(F)(F)F. The molecule has 0 bridgehead atoms. The summed E-state index contributed by atoms with van der Waals surface area (Å²) < 4.78 is 48.7. The van der Waals surface area contributed by atoms with Crippen molar-refractivity contribution in [2.45, 2.75) is 12.6 Å². The van der Waals surface area contributed by atoms with E-state index in [9.17, 15) is 22.4 Å². The molecule has 0 aromatic heterocycles. The van der Waals surface area contributed by atoms with Crippen molar-refractivity contribution in [1.29, 1.82) is 0 Å². The Morgan fingerprint density at radius 1 is 1.35 bits per heavy atom. The Bertz CT molecular complexity index is 417. The average molecular weight is 251 g/mol. The van der Waals surface area contributed by atoms with Crippen molar-refractivity contribution >= 4 is 11.7 Å². The number of hydrogen-bond donors (Lipinski definition) is 2. The highest BCUT2D eigenvalue weighted by Crippen LogP contribution is 2.22. The van der Waals surface area contributed by atoms with E-state index in [0.717, 1.165) is 6.07 Å². The molecule has 0 heterocycles. The normalized spacial score (nSPS) is 11.3. The maximum Gasteiger partial charge on any atom is 0.390 e. The van der Waals surface area contributed by atoms with Crippen LogP contribution in [0.4, 0.5) is 23.2 Å². The van der Waals surface area contributed by atoms with Crippen molar-refractivity contribution in [2.24, 2.45) is 0 Å². The Kier molecular flexibility index (Phi) is 3.93. The first kappa shape index (κ1) is 13.3. The van der Waals surface area contributed by atoms with Gasteiger partial charge in [-0.1, -0.05) is 6.07 Å². The van der Waals surface area contributed by atoms with Crippen molar-refractivity contribution in [1.82, 2.24) is 0 Å². The second kappa shape index (κ2) is 5.03. The van der Waals surface area contributed by atoms with E-state index in [0.29, 0.717) is 0 Å². The Morgan fingerprint density at radius 2 is 2.00 bits per heavy atom. The van der Waals surface area contributed by atoms with Crippen LogP contribution < -0.4 is 5.32 Å². The van der Waals surface area contributed by atoms with Crippen LogP contribution in [0.2, 0.25) is 0 Å². The summed E-state index contributed by atoms with van der Waals surface area (Å²) >= 11 is 0. The van der Waals surface area contributed by atoms with Crippen molar-refractivity contribution in [3.8, 4) is 0 Å². The Balaban J connectivity index is 2.78. The van der Waals surface area contributed by atoms with Gasteiger partial charge in [0.05, 0.1) is 12.1 Å². The maximum absolute atomic E-state index is 13.1. The third-order valence-corrected chi connectivity index (χ3v) is 1.95. The van der Waals surface area contributed by atoms with E-state index in [-0.39, 0.29) is 5.69 Å². The largest absolute Gasteiger partial charge is 0.478 e. The number of carboxylic acids is 1. The van der Waals surface area contributed by atoms with E-state index in [1.165, 1.54) is 12.1 Å². The van der Waals surface area contributed by atoms with Crippen LogP contribution in [0.5, 0.6) is 0 Å².